The van der Waals surface area contributed by atoms with Crippen molar-refractivity contribution < 1.29 is 14.3 Å². The standard InChI is InChI=1S/C13H18N4O3/c1-19-9-12(18)16-7-10-11(8-16)20-6-5-17(10)13-14-3-2-4-15-13/h2-4,10-11H,5-9H2,1H3/t10-,11+/m1/s1. The maximum absolute atomic E-state index is 11.9. The molecule has 1 aromatic rings. The van der Waals surface area contributed by atoms with Gasteiger partial charge < -0.3 is 19.3 Å². The number of carbonyl (C=O) groups is 1. The van der Waals surface area contributed by atoms with Crippen LogP contribution in [0.4, 0.5) is 5.95 Å². The lowest BCUT2D eigenvalue weighted by atomic mass is 10.1. The monoisotopic (exact) mass is 278 g/mol. The Balaban J connectivity index is 1.74. The van der Waals surface area contributed by atoms with Gasteiger partial charge in [0.05, 0.1) is 18.8 Å². The molecule has 2 saturated heterocycles. The fraction of sp³-hybridized carbons (Fsp3) is 0.615. The Bertz CT molecular complexity index is 470. The number of fused-ring (bicyclic) bond motifs is 1. The van der Waals surface area contributed by atoms with Crippen LogP contribution in [0.15, 0.2) is 18.5 Å². The number of rotatable bonds is 3. The Hall–Kier alpha value is -1.73. The number of likely N-dealkylation sites (tertiary alicyclic amines) is 1. The summed E-state index contributed by atoms with van der Waals surface area (Å²) in [6.07, 6.45) is 3.49. The van der Waals surface area contributed by atoms with E-state index in [9.17, 15) is 4.79 Å². The summed E-state index contributed by atoms with van der Waals surface area (Å²) in [7, 11) is 1.53. The molecule has 0 bridgehead atoms. The number of carbonyl (C=O) groups excluding carboxylic acids is 1. The van der Waals surface area contributed by atoms with Crippen LogP contribution >= 0.6 is 0 Å². The highest BCUT2D eigenvalue weighted by atomic mass is 16.5. The van der Waals surface area contributed by atoms with Gasteiger partial charge in [-0.2, -0.15) is 0 Å². The van der Waals surface area contributed by atoms with Crippen molar-refractivity contribution in [2.75, 3.05) is 44.9 Å². The number of nitrogens with zero attached hydrogens (tertiary/aromatic N) is 4. The van der Waals surface area contributed by atoms with Gasteiger partial charge >= 0.3 is 0 Å². The minimum atomic E-state index is -0.000528. The van der Waals surface area contributed by atoms with Crippen LogP contribution in [0, 0.1) is 0 Å². The van der Waals surface area contributed by atoms with E-state index < -0.39 is 0 Å². The number of hydrogen-bond acceptors (Lipinski definition) is 6. The summed E-state index contributed by atoms with van der Waals surface area (Å²) in [6.45, 7) is 2.73. The number of hydrogen-bond donors (Lipinski definition) is 0. The second kappa shape index (κ2) is 5.72. The van der Waals surface area contributed by atoms with E-state index in [-0.39, 0.29) is 24.7 Å². The van der Waals surface area contributed by atoms with Gasteiger partial charge in [-0.05, 0) is 6.07 Å². The van der Waals surface area contributed by atoms with Crippen LogP contribution in [-0.4, -0.2) is 72.9 Å². The van der Waals surface area contributed by atoms with Crippen molar-refractivity contribution >= 4 is 11.9 Å². The molecule has 0 unspecified atom stereocenters. The highest BCUT2D eigenvalue weighted by Gasteiger charge is 2.42. The zero-order valence-electron chi connectivity index (χ0n) is 11.4. The molecule has 3 rings (SSSR count). The average molecular weight is 278 g/mol. The first-order chi connectivity index (χ1) is 9.79. The third-order valence-electron chi connectivity index (χ3n) is 3.73. The molecule has 1 amide bonds. The molecule has 0 saturated carbocycles. The summed E-state index contributed by atoms with van der Waals surface area (Å²) < 4.78 is 10.7. The summed E-state index contributed by atoms with van der Waals surface area (Å²) in [5.41, 5.74) is 0. The van der Waals surface area contributed by atoms with Gasteiger partial charge in [0.2, 0.25) is 11.9 Å². The van der Waals surface area contributed by atoms with Gasteiger partial charge in [-0.15, -0.1) is 0 Å². The summed E-state index contributed by atoms with van der Waals surface area (Å²) in [4.78, 5) is 24.5. The maximum Gasteiger partial charge on any atom is 0.248 e. The van der Waals surface area contributed by atoms with Crippen molar-refractivity contribution in [2.24, 2.45) is 0 Å². The first-order valence-electron chi connectivity index (χ1n) is 6.71. The van der Waals surface area contributed by atoms with Crippen molar-refractivity contribution in [3.63, 3.8) is 0 Å². The second-order valence-electron chi connectivity index (χ2n) is 4.95. The lowest BCUT2D eigenvalue weighted by molar-refractivity contribution is -0.134. The molecular weight excluding hydrogens is 260 g/mol. The van der Waals surface area contributed by atoms with Gasteiger partial charge in [-0.25, -0.2) is 9.97 Å². The molecule has 0 radical (unpaired) electrons. The molecule has 0 N–H and O–H groups in total. The van der Waals surface area contributed by atoms with Crippen molar-refractivity contribution in [1.29, 1.82) is 0 Å². The SMILES string of the molecule is COCC(=O)N1C[C@@H]2OCCN(c3ncccn3)[C@@H]2C1. The Morgan fingerprint density at radius 2 is 2.25 bits per heavy atom. The molecule has 0 spiro atoms. The number of methoxy groups -OCH3 is 1. The quantitative estimate of drug-likeness (QED) is 0.745. The van der Waals surface area contributed by atoms with Crippen LogP contribution in [0.5, 0.6) is 0 Å². The van der Waals surface area contributed by atoms with Crippen LogP contribution < -0.4 is 4.90 Å². The predicted molar refractivity (Wildman–Crippen MR) is 71.4 cm³/mol. The average Bonchev–Trinajstić information content (AvgIpc) is 2.92. The molecule has 2 atom stereocenters. The molecule has 2 aliphatic rings. The van der Waals surface area contributed by atoms with E-state index in [1.165, 1.54) is 7.11 Å². The Kier molecular flexibility index (Phi) is 3.79. The largest absolute Gasteiger partial charge is 0.375 e. The minimum Gasteiger partial charge on any atom is -0.375 e. The third-order valence-corrected chi connectivity index (χ3v) is 3.73. The number of anilines is 1. The summed E-state index contributed by atoms with van der Waals surface area (Å²) >= 11 is 0. The molecule has 108 valence electrons. The van der Waals surface area contributed by atoms with E-state index in [0.29, 0.717) is 25.6 Å². The summed E-state index contributed by atoms with van der Waals surface area (Å²) in [6, 6.07) is 1.91. The topological polar surface area (TPSA) is 67.8 Å². The van der Waals surface area contributed by atoms with Gasteiger partial charge in [0.25, 0.3) is 0 Å². The molecular formula is C13H18N4O3. The van der Waals surface area contributed by atoms with Crippen LogP contribution in [0.2, 0.25) is 0 Å². The lowest BCUT2D eigenvalue weighted by Gasteiger charge is -2.36. The van der Waals surface area contributed by atoms with E-state index >= 15 is 0 Å². The maximum atomic E-state index is 11.9. The van der Waals surface area contributed by atoms with Gasteiger partial charge in [0.15, 0.2) is 0 Å². The van der Waals surface area contributed by atoms with Crippen molar-refractivity contribution in [3.8, 4) is 0 Å². The lowest BCUT2D eigenvalue weighted by Crippen LogP contribution is -2.51. The molecule has 7 nitrogen and oxygen atoms in total. The highest BCUT2D eigenvalue weighted by molar-refractivity contribution is 5.78. The van der Waals surface area contributed by atoms with Gasteiger partial charge in [0, 0.05) is 39.1 Å². The summed E-state index contributed by atoms with van der Waals surface area (Å²) in [5.74, 6) is 0.700. The van der Waals surface area contributed by atoms with Crippen LogP contribution in [-0.2, 0) is 14.3 Å². The number of aromatic nitrogens is 2. The van der Waals surface area contributed by atoms with Crippen LogP contribution in [0.1, 0.15) is 0 Å². The van der Waals surface area contributed by atoms with E-state index in [1.54, 1.807) is 23.4 Å². The summed E-state index contributed by atoms with van der Waals surface area (Å²) in [5, 5.41) is 0. The van der Waals surface area contributed by atoms with Gasteiger partial charge in [-0.3, -0.25) is 4.79 Å². The van der Waals surface area contributed by atoms with Gasteiger partial charge in [0.1, 0.15) is 6.61 Å². The zero-order valence-corrected chi connectivity index (χ0v) is 11.4. The molecule has 0 aliphatic carbocycles. The molecule has 1 aromatic heterocycles. The van der Waals surface area contributed by atoms with Crippen molar-refractivity contribution in [2.45, 2.75) is 12.1 Å². The number of morpholine rings is 1. The third kappa shape index (κ3) is 2.46. The number of ether oxygens (including phenoxy) is 2. The fourth-order valence-corrected chi connectivity index (χ4v) is 2.79. The molecule has 2 fully saturated rings. The van der Waals surface area contributed by atoms with Gasteiger partial charge in [-0.1, -0.05) is 0 Å². The zero-order chi connectivity index (χ0) is 13.9. The Labute approximate surface area is 117 Å². The first kappa shape index (κ1) is 13.3. The molecule has 2 aliphatic heterocycles. The van der Waals surface area contributed by atoms with Crippen LogP contribution in [0.25, 0.3) is 0 Å². The Morgan fingerprint density at radius 1 is 1.45 bits per heavy atom. The second-order valence-corrected chi connectivity index (χ2v) is 4.95. The number of amides is 1. The first-order valence-corrected chi connectivity index (χ1v) is 6.71. The molecule has 0 aromatic carbocycles. The fourth-order valence-electron chi connectivity index (χ4n) is 2.79. The predicted octanol–water partition coefficient (Wildman–Crippen LogP) is -0.461. The van der Waals surface area contributed by atoms with E-state index in [1.807, 2.05) is 0 Å². The van der Waals surface area contributed by atoms with E-state index in [0.717, 1.165) is 6.54 Å². The molecule has 20 heavy (non-hydrogen) atoms. The van der Waals surface area contributed by atoms with Crippen molar-refractivity contribution in [1.82, 2.24) is 14.9 Å². The van der Waals surface area contributed by atoms with E-state index in [2.05, 4.69) is 14.9 Å². The normalized spacial score (nSPS) is 25.6. The smallest absolute Gasteiger partial charge is 0.248 e. The highest BCUT2D eigenvalue weighted by Crippen LogP contribution is 2.25. The van der Waals surface area contributed by atoms with E-state index in [4.69, 9.17) is 9.47 Å². The van der Waals surface area contributed by atoms with Crippen molar-refractivity contribution in [3.05, 3.63) is 18.5 Å². The molecule has 3 heterocycles. The minimum absolute atomic E-state index is 0.000528. The molecule has 7 heteroatoms. The Morgan fingerprint density at radius 3 is 3.00 bits per heavy atom. The van der Waals surface area contributed by atoms with Crippen LogP contribution in [0.3, 0.4) is 0 Å².